The Labute approximate surface area is 162 Å². The number of nitrogens with one attached hydrogen (secondary N) is 1. The number of carbonyl (C=O) groups is 3. The maximum absolute atomic E-state index is 12.1. The number of amides is 1. The van der Waals surface area contributed by atoms with Gasteiger partial charge in [-0.2, -0.15) is 0 Å². The highest BCUT2D eigenvalue weighted by Gasteiger charge is 2.14. The van der Waals surface area contributed by atoms with Crippen molar-refractivity contribution in [2.75, 3.05) is 34.0 Å². The van der Waals surface area contributed by atoms with Crippen LogP contribution in [0.1, 0.15) is 10.4 Å². The van der Waals surface area contributed by atoms with Crippen LogP contribution in [0.2, 0.25) is 0 Å². The van der Waals surface area contributed by atoms with Gasteiger partial charge in [-0.1, -0.05) is 18.2 Å². The molecule has 0 aliphatic heterocycles. The first kappa shape index (κ1) is 20.8. The van der Waals surface area contributed by atoms with Crippen LogP contribution in [0.3, 0.4) is 0 Å². The van der Waals surface area contributed by atoms with Crippen molar-refractivity contribution in [3.8, 4) is 17.2 Å². The summed E-state index contributed by atoms with van der Waals surface area (Å²) in [5, 5.41) is 2.36. The van der Waals surface area contributed by atoms with Crippen LogP contribution in [0.15, 0.2) is 48.5 Å². The first-order valence-electron chi connectivity index (χ1n) is 8.39. The first-order valence-corrected chi connectivity index (χ1v) is 8.39. The van der Waals surface area contributed by atoms with Crippen LogP contribution in [0.25, 0.3) is 0 Å². The van der Waals surface area contributed by atoms with Crippen LogP contribution in [0.5, 0.6) is 17.2 Å². The summed E-state index contributed by atoms with van der Waals surface area (Å²) in [4.78, 5) is 35.5. The second kappa shape index (κ2) is 10.6. The summed E-state index contributed by atoms with van der Waals surface area (Å²) in [6, 6.07) is 13.4. The Hall–Kier alpha value is -3.55. The standard InChI is InChI=1S/C20H21NO7/c1-25-17-9-8-14(10-18(17)26-2)16(22)12-28-20(24)11-21-19(23)13-27-15-6-4-3-5-7-15/h3-10H,11-13H2,1-2H3,(H,21,23). The van der Waals surface area contributed by atoms with Gasteiger partial charge < -0.3 is 24.3 Å². The van der Waals surface area contributed by atoms with Gasteiger partial charge in [-0.05, 0) is 30.3 Å². The number of methoxy groups -OCH3 is 2. The second-order valence-electron chi connectivity index (χ2n) is 5.53. The van der Waals surface area contributed by atoms with Crippen LogP contribution < -0.4 is 19.5 Å². The molecule has 0 fully saturated rings. The van der Waals surface area contributed by atoms with Crippen molar-refractivity contribution >= 4 is 17.7 Å². The molecule has 1 N–H and O–H groups in total. The van der Waals surface area contributed by atoms with E-state index in [9.17, 15) is 14.4 Å². The molecule has 0 bridgehead atoms. The molecule has 2 aromatic carbocycles. The third-order valence-corrected chi connectivity index (χ3v) is 3.61. The summed E-state index contributed by atoms with van der Waals surface area (Å²) in [5.41, 5.74) is 0.311. The van der Waals surface area contributed by atoms with Crippen LogP contribution in [-0.2, 0) is 14.3 Å². The highest BCUT2D eigenvalue weighted by molar-refractivity contribution is 5.98. The van der Waals surface area contributed by atoms with Crippen molar-refractivity contribution in [3.05, 3.63) is 54.1 Å². The Balaban J connectivity index is 1.73. The Morgan fingerprint density at radius 3 is 2.29 bits per heavy atom. The number of esters is 1. The fourth-order valence-corrected chi connectivity index (χ4v) is 2.18. The predicted molar refractivity (Wildman–Crippen MR) is 99.8 cm³/mol. The zero-order valence-electron chi connectivity index (χ0n) is 15.6. The summed E-state index contributed by atoms with van der Waals surface area (Å²) in [5.74, 6) is -0.204. The van der Waals surface area contributed by atoms with Crippen molar-refractivity contribution in [2.45, 2.75) is 0 Å². The molecule has 0 spiro atoms. The molecule has 2 aromatic rings. The lowest BCUT2D eigenvalue weighted by atomic mass is 10.1. The molecule has 0 saturated heterocycles. The van der Waals surface area contributed by atoms with Crippen molar-refractivity contribution in [1.29, 1.82) is 0 Å². The highest BCUT2D eigenvalue weighted by Crippen LogP contribution is 2.27. The minimum absolute atomic E-state index is 0.234. The number of hydrogen-bond acceptors (Lipinski definition) is 7. The number of rotatable bonds is 10. The van der Waals surface area contributed by atoms with E-state index in [0.717, 1.165) is 0 Å². The van der Waals surface area contributed by atoms with Crippen molar-refractivity contribution in [2.24, 2.45) is 0 Å². The molecule has 8 nitrogen and oxygen atoms in total. The zero-order chi connectivity index (χ0) is 20.4. The monoisotopic (exact) mass is 387 g/mol. The van der Waals surface area contributed by atoms with Crippen LogP contribution in [-0.4, -0.2) is 51.6 Å². The number of ether oxygens (including phenoxy) is 4. The van der Waals surface area contributed by atoms with Crippen molar-refractivity contribution in [3.63, 3.8) is 0 Å². The molecule has 8 heteroatoms. The first-order chi connectivity index (χ1) is 13.5. The zero-order valence-corrected chi connectivity index (χ0v) is 15.6. The molecule has 0 radical (unpaired) electrons. The van der Waals surface area contributed by atoms with E-state index in [1.54, 1.807) is 36.4 Å². The average Bonchev–Trinajstić information content (AvgIpc) is 2.74. The van der Waals surface area contributed by atoms with Crippen LogP contribution in [0.4, 0.5) is 0 Å². The number of Topliss-reactive ketones (excluding diaryl/α,β-unsaturated/α-hetero) is 1. The summed E-state index contributed by atoms with van der Waals surface area (Å²) in [6.45, 7) is -1.05. The average molecular weight is 387 g/mol. The van der Waals surface area contributed by atoms with Gasteiger partial charge in [0.2, 0.25) is 0 Å². The molecule has 0 unspecified atom stereocenters. The van der Waals surface area contributed by atoms with E-state index in [0.29, 0.717) is 22.8 Å². The van der Waals surface area contributed by atoms with Crippen LogP contribution in [0, 0.1) is 0 Å². The number of hydrogen-bond donors (Lipinski definition) is 1. The summed E-state index contributed by atoms with van der Waals surface area (Å²) in [7, 11) is 2.94. The van der Waals surface area contributed by atoms with Gasteiger partial charge in [-0.25, -0.2) is 0 Å². The van der Waals surface area contributed by atoms with Gasteiger partial charge in [0.25, 0.3) is 5.91 Å². The van der Waals surface area contributed by atoms with E-state index in [-0.39, 0.29) is 13.2 Å². The molecular formula is C20H21NO7. The third kappa shape index (κ3) is 6.31. The Bertz CT molecular complexity index is 821. The van der Waals surface area contributed by atoms with Gasteiger partial charge in [-0.3, -0.25) is 14.4 Å². The lowest BCUT2D eigenvalue weighted by Crippen LogP contribution is -2.34. The largest absolute Gasteiger partial charge is 0.493 e. The van der Waals surface area contributed by atoms with E-state index in [4.69, 9.17) is 18.9 Å². The quantitative estimate of drug-likeness (QED) is 0.488. The fourth-order valence-electron chi connectivity index (χ4n) is 2.18. The van der Waals surface area contributed by atoms with Crippen molar-refractivity contribution in [1.82, 2.24) is 5.32 Å². The van der Waals surface area contributed by atoms with E-state index >= 15 is 0 Å². The molecular weight excluding hydrogens is 366 g/mol. The maximum atomic E-state index is 12.1. The molecule has 28 heavy (non-hydrogen) atoms. The summed E-state index contributed by atoms with van der Waals surface area (Å²) >= 11 is 0. The number of benzene rings is 2. The summed E-state index contributed by atoms with van der Waals surface area (Å²) in [6.07, 6.45) is 0. The van der Waals surface area contributed by atoms with Gasteiger partial charge in [0.1, 0.15) is 12.3 Å². The Kier molecular flexibility index (Phi) is 7.83. The minimum atomic E-state index is -0.734. The number of ketones is 1. The van der Waals surface area contributed by atoms with Crippen molar-refractivity contribution < 1.29 is 33.3 Å². The lowest BCUT2D eigenvalue weighted by Gasteiger charge is -2.10. The topological polar surface area (TPSA) is 100 Å². The van der Waals surface area contributed by atoms with Gasteiger partial charge >= 0.3 is 5.97 Å². The fraction of sp³-hybridized carbons (Fsp3) is 0.250. The second-order valence-corrected chi connectivity index (χ2v) is 5.53. The SMILES string of the molecule is COc1ccc(C(=O)COC(=O)CNC(=O)COc2ccccc2)cc1OC. The minimum Gasteiger partial charge on any atom is -0.493 e. The molecule has 0 atom stereocenters. The van der Waals surface area contributed by atoms with E-state index in [1.165, 1.54) is 20.3 Å². The smallest absolute Gasteiger partial charge is 0.325 e. The summed E-state index contributed by atoms with van der Waals surface area (Å²) < 4.78 is 20.4. The Morgan fingerprint density at radius 2 is 1.61 bits per heavy atom. The molecule has 0 aromatic heterocycles. The highest BCUT2D eigenvalue weighted by atomic mass is 16.5. The van der Waals surface area contributed by atoms with Gasteiger partial charge in [0, 0.05) is 5.56 Å². The normalized spacial score (nSPS) is 9.93. The van der Waals surface area contributed by atoms with E-state index in [1.807, 2.05) is 6.07 Å². The molecule has 1 amide bonds. The lowest BCUT2D eigenvalue weighted by molar-refractivity contribution is -0.143. The third-order valence-electron chi connectivity index (χ3n) is 3.61. The Morgan fingerprint density at radius 1 is 0.893 bits per heavy atom. The molecule has 0 saturated carbocycles. The molecule has 0 aliphatic rings. The number of para-hydroxylation sites is 1. The van der Waals surface area contributed by atoms with Crippen LogP contribution >= 0.6 is 0 Å². The van der Waals surface area contributed by atoms with Gasteiger partial charge in [0.05, 0.1) is 14.2 Å². The van der Waals surface area contributed by atoms with Gasteiger partial charge in [0.15, 0.2) is 30.5 Å². The molecule has 148 valence electrons. The molecule has 0 heterocycles. The molecule has 0 aliphatic carbocycles. The predicted octanol–water partition coefficient (Wildman–Crippen LogP) is 1.62. The maximum Gasteiger partial charge on any atom is 0.325 e. The number of carbonyl (C=O) groups excluding carboxylic acids is 3. The van der Waals surface area contributed by atoms with Gasteiger partial charge in [-0.15, -0.1) is 0 Å². The van der Waals surface area contributed by atoms with E-state index in [2.05, 4.69) is 5.32 Å². The molecule has 2 rings (SSSR count). The van der Waals surface area contributed by atoms with E-state index < -0.39 is 24.3 Å².